The molecule has 0 unspecified atom stereocenters. The van der Waals surface area contributed by atoms with Crippen LogP contribution in [-0.2, 0) is 15.4 Å². The molecule has 0 atom stereocenters. The SMILES string of the molecule is CC(C)(c1ccc(OC[C@H]2C[C@@H](CNS(C)(=O)=O)C2)cc1)c1cc(Cl)c(OCCCl)c(C#N)c1. The summed E-state index contributed by atoms with van der Waals surface area (Å²) in [6.45, 7) is 5.54. The third kappa shape index (κ3) is 6.79. The first-order valence-corrected chi connectivity index (χ1v) is 13.9. The predicted octanol–water partition coefficient (Wildman–Crippen LogP) is 5.11. The number of halogens is 2. The minimum Gasteiger partial charge on any atom is -0.493 e. The Kier molecular flexibility index (Phi) is 8.75. The number of nitrogens with one attached hydrogen (secondary N) is 1. The monoisotopic (exact) mass is 524 g/mol. The van der Waals surface area contributed by atoms with Crippen molar-refractivity contribution >= 4 is 33.2 Å². The van der Waals surface area contributed by atoms with Crippen molar-refractivity contribution in [2.75, 3.05) is 31.9 Å². The highest BCUT2D eigenvalue weighted by atomic mass is 35.5. The van der Waals surface area contributed by atoms with E-state index < -0.39 is 15.4 Å². The lowest BCUT2D eigenvalue weighted by atomic mass is 9.75. The van der Waals surface area contributed by atoms with E-state index in [1.165, 1.54) is 6.26 Å². The first-order chi connectivity index (χ1) is 16.0. The maximum absolute atomic E-state index is 11.2. The molecule has 34 heavy (non-hydrogen) atoms. The van der Waals surface area contributed by atoms with Crippen LogP contribution in [0.1, 0.15) is 43.4 Å². The van der Waals surface area contributed by atoms with Crippen LogP contribution < -0.4 is 14.2 Å². The molecule has 0 radical (unpaired) electrons. The van der Waals surface area contributed by atoms with Crippen molar-refractivity contribution in [3.63, 3.8) is 0 Å². The van der Waals surface area contributed by atoms with E-state index in [1.807, 2.05) is 36.4 Å². The number of ether oxygens (including phenoxy) is 2. The maximum atomic E-state index is 11.2. The fourth-order valence-corrected chi connectivity index (χ4v) is 5.01. The first kappa shape index (κ1) is 26.6. The van der Waals surface area contributed by atoms with E-state index in [4.69, 9.17) is 32.7 Å². The molecule has 0 amide bonds. The third-order valence-corrected chi connectivity index (χ3v) is 7.36. The lowest BCUT2D eigenvalue weighted by molar-refractivity contribution is 0.122. The largest absolute Gasteiger partial charge is 0.493 e. The topological polar surface area (TPSA) is 88.4 Å². The molecule has 9 heteroatoms. The zero-order valence-corrected chi connectivity index (χ0v) is 21.9. The van der Waals surface area contributed by atoms with Gasteiger partial charge in [-0.2, -0.15) is 5.26 Å². The quantitative estimate of drug-likeness (QED) is 0.412. The minimum absolute atomic E-state index is 0.277. The van der Waals surface area contributed by atoms with Crippen molar-refractivity contribution in [2.24, 2.45) is 11.8 Å². The predicted molar refractivity (Wildman–Crippen MR) is 136 cm³/mol. The summed E-state index contributed by atoms with van der Waals surface area (Å²) in [7, 11) is -3.13. The summed E-state index contributed by atoms with van der Waals surface area (Å²) in [6.07, 6.45) is 3.10. The first-order valence-electron chi connectivity index (χ1n) is 11.1. The van der Waals surface area contributed by atoms with Gasteiger partial charge in [0.2, 0.25) is 10.0 Å². The highest BCUT2D eigenvalue weighted by Gasteiger charge is 2.30. The van der Waals surface area contributed by atoms with Gasteiger partial charge in [-0.15, -0.1) is 11.6 Å². The zero-order chi connectivity index (χ0) is 24.9. The van der Waals surface area contributed by atoms with E-state index in [9.17, 15) is 13.7 Å². The van der Waals surface area contributed by atoms with Crippen molar-refractivity contribution in [1.82, 2.24) is 4.72 Å². The second-order valence-corrected chi connectivity index (χ2v) is 11.9. The van der Waals surface area contributed by atoms with E-state index in [-0.39, 0.29) is 6.61 Å². The van der Waals surface area contributed by atoms with Crippen molar-refractivity contribution in [1.29, 1.82) is 5.26 Å². The van der Waals surface area contributed by atoms with Gasteiger partial charge in [-0.3, -0.25) is 0 Å². The second-order valence-electron chi connectivity index (χ2n) is 9.27. The maximum Gasteiger partial charge on any atom is 0.208 e. The Morgan fingerprint density at radius 3 is 2.38 bits per heavy atom. The van der Waals surface area contributed by atoms with E-state index in [2.05, 4.69) is 24.6 Å². The summed E-state index contributed by atoms with van der Waals surface area (Å²) in [5.74, 6) is 2.28. The second kappa shape index (κ2) is 11.2. The molecule has 1 saturated carbocycles. The molecule has 1 N–H and O–H groups in total. The van der Waals surface area contributed by atoms with Gasteiger partial charge in [-0.25, -0.2) is 13.1 Å². The van der Waals surface area contributed by atoms with Crippen LogP contribution >= 0.6 is 23.2 Å². The van der Waals surface area contributed by atoms with Gasteiger partial charge in [0.1, 0.15) is 18.4 Å². The van der Waals surface area contributed by atoms with Crippen LogP contribution in [0, 0.1) is 23.2 Å². The van der Waals surface area contributed by atoms with Crippen molar-refractivity contribution in [3.05, 3.63) is 58.1 Å². The third-order valence-electron chi connectivity index (χ3n) is 6.24. The highest BCUT2D eigenvalue weighted by Crippen LogP contribution is 2.39. The Morgan fingerprint density at radius 1 is 1.12 bits per heavy atom. The molecule has 2 aromatic carbocycles. The minimum atomic E-state index is -3.13. The van der Waals surface area contributed by atoms with Gasteiger partial charge in [-0.05, 0) is 60.1 Å². The van der Waals surface area contributed by atoms with Crippen LogP contribution in [0.2, 0.25) is 5.02 Å². The molecule has 2 aromatic rings. The molecule has 6 nitrogen and oxygen atoms in total. The summed E-state index contributed by atoms with van der Waals surface area (Å²) in [5.41, 5.74) is 1.95. The average molecular weight is 525 g/mol. The molecule has 0 saturated heterocycles. The molecule has 3 rings (SSSR count). The summed E-state index contributed by atoms with van der Waals surface area (Å²) in [4.78, 5) is 0. The number of nitrogens with zero attached hydrogens (tertiary/aromatic N) is 1. The van der Waals surface area contributed by atoms with E-state index >= 15 is 0 Å². The van der Waals surface area contributed by atoms with Gasteiger partial charge < -0.3 is 9.47 Å². The molecule has 184 valence electrons. The molecule has 1 fully saturated rings. The number of hydrogen-bond donors (Lipinski definition) is 1. The molecular formula is C25H30Cl2N2O4S. The summed E-state index contributed by atoms with van der Waals surface area (Å²) in [5, 5.41) is 9.97. The number of nitriles is 1. The van der Waals surface area contributed by atoms with Crippen molar-refractivity contribution < 1.29 is 17.9 Å². The zero-order valence-electron chi connectivity index (χ0n) is 19.6. The summed E-state index contributed by atoms with van der Waals surface area (Å²) < 4.78 is 36.5. The lowest BCUT2D eigenvalue weighted by Gasteiger charge is -2.35. The lowest BCUT2D eigenvalue weighted by Crippen LogP contribution is -2.37. The van der Waals surface area contributed by atoms with Crippen LogP contribution in [0.5, 0.6) is 11.5 Å². The van der Waals surface area contributed by atoms with E-state index in [0.29, 0.717) is 47.2 Å². The van der Waals surface area contributed by atoms with E-state index in [0.717, 1.165) is 29.7 Å². The van der Waals surface area contributed by atoms with Crippen molar-refractivity contribution in [2.45, 2.75) is 32.1 Å². The fourth-order valence-electron chi connectivity index (χ4n) is 4.12. The fraction of sp³-hybridized carbons (Fsp3) is 0.480. The normalized spacial score (nSPS) is 18.1. The average Bonchev–Trinajstić information content (AvgIpc) is 2.76. The molecule has 0 bridgehead atoms. The van der Waals surface area contributed by atoms with Gasteiger partial charge >= 0.3 is 0 Å². The van der Waals surface area contributed by atoms with Crippen LogP contribution in [0.25, 0.3) is 0 Å². The Morgan fingerprint density at radius 2 is 1.79 bits per heavy atom. The Hall–Kier alpha value is -1.98. The van der Waals surface area contributed by atoms with Gasteiger partial charge in [-0.1, -0.05) is 37.6 Å². The van der Waals surface area contributed by atoms with Crippen LogP contribution in [0.4, 0.5) is 0 Å². The molecule has 0 aromatic heterocycles. The molecule has 0 heterocycles. The Balaban J connectivity index is 1.61. The highest BCUT2D eigenvalue weighted by molar-refractivity contribution is 7.88. The summed E-state index contributed by atoms with van der Waals surface area (Å²) in [6, 6.07) is 13.8. The molecule has 1 aliphatic rings. The molecular weight excluding hydrogens is 495 g/mol. The molecule has 0 spiro atoms. The number of benzene rings is 2. The van der Waals surface area contributed by atoms with Crippen molar-refractivity contribution in [3.8, 4) is 17.6 Å². The smallest absolute Gasteiger partial charge is 0.208 e. The molecule has 1 aliphatic carbocycles. The standard InChI is InChI=1S/C25H30Cl2N2O4S/c1-25(2,21-12-19(14-28)24(23(27)13-21)32-9-8-26)20-4-6-22(7-5-20)33-16-18-10-17(11-18)15-29-34(3,30)31/h4-7,12-13,17-18,29H,8-11,15-16H2,1-3H3/t17-,18+. The number of rotatable bonds is 11. The van der Waals surface area contributed by atoms with Gasteiger partial charge in [0.05, 0.1) is 29.3 Å². The van der Waals surface area contributed by atoms with Gasteiger partial charge in [0.25, 0.3) is 0 Å². The Bertz CT molecular complexity index is 1140. The van der Waals surface area contributed by atoms with E-state index in [1.54, 1.807) is 0 Å². The van der Waals surface area contributed by atoms with Gasteiger partial charge in [0, 0.05) is 12.0 Å². The van der Waals surface area contributed by atoms with Gasteiger partial charge in [0.15, 0.2) is 5.75 Å². The number of hydrogen-bond acceptors (Lipinski definition) is 5. The van der Waals surface area contributed by atoms with Crippen LogP contribution in [0.3, 0.4) is 0 Å². The summed E-state index contributed by atoms with van der Waals surface area (Å²) >= 11 is 12.1. The number of alkyl halides is 1. The van der Waals surface area contributed by atoms with Crippen LogP contribution in [0.15, 0.2) is 36.4 Å². The molecule has 0 aliphatic heterocycles. The van der Waals surface area contributed by atoms with Crippen LogP contribution in [-0.4, -0.2) is 40.3 Å². The number of sulfonamides is 1. The Labute approximate surface area is 212 Å².